The maximum absolute atomic E-state index is 13.3. The summed E-state index contributed by atoms with van der Waals surface area (Å²) in [5.74, 6) is 0.285. The van der Waals surface area contributed by atoms with Crippen molar-refractivity contribution < 1.29 is 18.7 Å². The summed E-state index contributed by atoms with van der Waals surface area (Å²) in [6.45, 7) is 0.854. The second-order valence-electron chi connectivity index (χ2n) is 7.14. The molecule has 1 aliphatic carbocycles. The first-order chi connectivity index (χ1) is 13.1. The van der Waals surface area contributed by atoms with Gasteiger partial charge in [0.1, 0.15) is 11.9 Å². The first-order valence-corrected chi connectivity index (χ1v) is 10.6. The number of methoxy groups -OCH3 is 1. The molecule has 1 heterocycles. The van der Waals surface area contributed by atoms with Gasteiger partial charge in [-0.3, -0.25) is 9.59 Å². The van der Waals surface area contributed by atoms with Gasteiger partial charge in [-0.25, -0.2) is 4.39 Å². The zero-order valence-corrected chi connectivity index (χ0v) is 16.5. The van der Waals surface area contributed by atoms with Gasteiger partial charge in [0.05, 0.1) is 12.0 Å². The minimum atomic E-state index is -0.503. The molecule has 0 radical (unpaired) electrons. The number of ether oxygens (including phenoxy) is 1. The highest BCUT2D eigenvalue weighted by molar-refractivity contribution is 8.00. The Bertz CT molecular complexity index is 649. The highest BCUT2D eigenvalue weighted by atomic mass is 32.2. The molecule has 1 aliphatic heterocycles. The van der Waals surface area contributed by atoms with E-state index in [1.165, 1.54) is 43.5 Å². The van der Waals surface area contributed by atoms with E-state index in [1.54, 1.807) is 23.8 Å². The zero-order chi connectivity index (χ0) is 19.2. The lowest BCUT2D eigenvalue weighted by Gasteiger charge is -2.35. The number of hydrogen-bond acceptors (Lipinski definition) is 4. The Morgan fingerprint density at radius 1 is 1.22 bits per heavy atom. The molecule has 0 aromatic heterocycles. The van der Waals surface area contributed by atoms with Gasteiger partial charge < -0.3 is 15.0 Å². The lowest BCUT2D eigenvalue weighted by Crippen LogP contribution is -2.51. The van der Waals surface area contributed by atoms with Crippen LogP contribution in [-0.4, -0.2) is 54.1 Å². The van der Waals surface area contributed by atoms with Gasteiger partial charge in [0.25, 0.3) is 5.91 Å². The number of hydrogen-bond donors (Lipinski definition) is 1. The van der Waals surface area contributed by atoms with E-state index >= 15 is 0 Å². The Morgan fingerprint density at radius 3 is 2.59 bits per heavy atom. The maximum atomic E-state index is 13.3. The number of carbonyl (C=O) groups excluding carboxylic acids is 2. The van der Waals surface area contributed by atoms with Crippen molar-refractivity contribution in [3.05, 3.63) is 35.6 Å². The summed E-state index contributed by atoms with van der Waals surface area (Å²) in [6, 6.07) is 5.08. The molecular formula is C20H27FN2O3S. The largest absolute Gasteiger partial charge is 0.383 e. The monoisotopic (exact) mass is 394 g/mol. The molecule has 1 aromatic rings. The molecule has 1 N–H and O–H groups in total. The fourth-order valence-electron chi connectivity index (χ4n) is 3.90. The van der Waals surface area contributed by atoms with Crippen LogP contribution in [0.2, 0.25) is 0 Å². The number of benzene rings is 1. The van der Waals surface area contributed by atoms with E-state index in [0.29, 0.717) is 30.4 Å². The average Bonchev–Trinajstić information content (AvgIpc) is 3.14. The Balaban J connectivity index is 1.80. The Morgan fingerprint density at radius 2 is 1.93 bits per heavy atom. The van der Waals surface area contributed by atoms with Crippen molar-refractivity contribution in [2.24, 2.45) is 5.92 Å². The maximum Gasteiger partial charge on any atom is 0.255 e. The molecule has 2 atom stereocenters. The molecule has 2 unspecified atom stereocenters. The normalized spacial score (nSPS) is 23.4. The third-order valence-corrected chi connectivity index (χ3v) is 6.78. The van der Waals surface area contributed by atoms with Gasteiger partial charge in [0.15, 0.2) is 0 Å². The van der Waals surface area contributed by atoms with Crippen LogP contribution >= 0.6 is 11.8 Å². The van der Waals surface area contributed by atoms with E-state index in [2.05, 4.69) is 5.32 Å². The van der Waals surface area contributed by atoms with E-state index in [9.17, 15) is 14.0 Å². The zero-order valence-electron chi connectivity index (χ0n) is 15.7. The molecule has 1 aromatic carbocycles. The van der Waals surface area contributed by atoms with E-state index in [-0.39, 0.29) is 23.0 Å². The van der Waals surface area contributed by atoms with Crippen LogP contribution in [0.4, 0.5) is 4.39 Å². The predicted molar refractivity (Wildman–Crippen MR) is 104 cm³/mol. The molecule has 1 saturated carbocycles. The lowest BCUT2D eigenvalue weighted by atomic mass is 9.88. The first-order valence-electron chi connectivity index (χ1n) is 9.58. The summed E-state index contributed by atoms with van der Waals surface area (Å²) in [5.41, 5.74) is 0.425. The van der Waals surface area contributed by atoms with Gasteiger partial charge in [-0.15, -0.1) is 11.8 Å². The summed E-state index contributed by atoms with van der Waals surface area (Å²) in [7, 11) is 1.58. The van der Waals surface area contributed by atoms with Gasteiger partial charge in [-0.1, -0.05) is 19.3 Å². The van der Waals surface area contributed by atoms with Crippen LogP contribution in [0.3, 0.4) is 0 Å². The summed E-state index contributed by atoms with van der Waals surface area (Å²) in [4.78, 5) is 27.7. The predicted octanol–water partition coefficient (Wildman–Crippen LogP) is 3.05. The van der Waals surface area contributed by atoms with Gasteiger partial charge in [-0.05, 0) is 43.0 Å². The first kappa shape index (κ1) is 20.1. The van der Waals surface area contributed by atoms with Crippen molar-refractivity contribution in [2.75, 3.05) is 26.0 Å². The fraction of sp³-hybridized carbons (Fsp3) is 0.600. The molecule has 2 fully saturated rings. The standard InChI is InChI=1S/C20H27FN2O3S/c1-26-12-11-22-18(24)17-13-27-20(15-5-3-2-4-6-15)23(17)19(25)14-7-9-16(21)10-8-14/h7-10,15,17,20H,2-6,11-13H2,1H3,(H,22,24). The summed E-state index contributed by atoms with van der Waals surface area (Å²) >= 11 is 1.70. The number of thioether (sulfide) groups is 1. The smallest absolute Gasteiger partial charge is 0.255 e. The SMILES string of the molecule is COCCNC(=O)C1CSC(C2CCCCC2)N1C(=O)c1ccc(F)cc1. The average molecular weight is 395 g/mol. The van der Waals surface area contributed by atoms with Crippen molar-refractivity contribution in [1.82, 2.24) is 10.2 Å². The van der Waals surface area contributed by atoms with Gasteiger partial charge >= 0.3 is 0 Å². The third kappa shape index (κ3) is 4.82. The Kier molecular flexibility index (Phi) is 7.13. The second kappa shape index (κ2) is 9.55. The number of amides is 2. The van der Waals surface area contributed by atoms with Crippen molar-refractivity contribution >= 4 is 23.6 Å². The molecule has 2 amide bonds. The molecule has 3 rings (SSSR count). The van der Waals surface area contributed by atoms with E-state index in [1.807, 2.05) is 0 Å². The molecular weight excluding hydrogens is 367 g/mol. The summed E-state index contributed by atoms with van der Waals surface area (Å²) < 4.78 is 18.3. The summed E-state index contributed by atoms with van der Waals surface area (Å²) in [5, 5.41) is 2.86. The molecule has 148 valence electrons. The molecule has 7 heteroatoms. The van der Waals surface area contributed by atoms with Crippen molar-refractivity contribution in [2.45, 2.75) is 43.5 Å². The van der Waals surface area contributed by atoms with Crippen LogP contribution in [0.25, 0.3) is 0 Å². The summed E-state index contributed by atoms with van der Waals surface area (Å²) in [6.07, 6.45) is 5.75. The van der Waals surface area contributed by atoms with E-state index in [4.69, 9.17) is 4.74 Å². The fourth-order valence-corrected chi connectivity index (χ4v) is 5.54. The molecule has 1 saturated heterocycles. The van der Waals surface area contributed by atoms with Gasteiger partial charge in [-0.2, -0.15) is 0 Å². The van der Waals surface area contributed by atoms with Crippen molar-refractivity contribution in [1.29, 1.82) is 0 Å². The number of halogens is 1. The molecule has 27 heavy (non-hydrogen) atoms. The van der Waals surface area contributed by atoms with Crippen molar-refractivity contribution in [3.8, 4) is 0 Å². The van der Waals surface area contributed by atoms with Crippen molar-refractivity contribution in [3.63, 3.8) is 0 Å². The Labute approximate surface area is 164 Å². The van der Waals surface area contributed by atoms with Crippen LogP contribution in [-0.2, 0) is 9.53 Å². The quantitative estimate of drug-likeness (QED) is 0.754. The third-order valence-electron chi connectivity index (χ3n) is 5.32. The molecule has 0 bridgehead atoms. The highest BCUT2D eigenvalue weighted by Gasteiger charge is 2.45. The van der Waals surface area contributed by atoms with Gasteiger partial charge in [0.2, 0.25) is 5.91 Å². The number of nitrogens with zero attached hydrogens (tertiary/aromatic N) is 1. The highest BCUT2D eigenvalue weighted by Crippen LogP contribution is 2.41. The van der Waals surface area contributed by atoms with Crippen LogP contribution in [0.15, 0.2) is 24.3 Å². The topological polar surface area (TPSA) is 58.6 Å². The minimum Gasteiger partial charge on any atom is -0.383 e. The van der Waals surface area contributed by atoms with E-state index < -0.39 is 6.04 Å². The molecule has 5 nitrogen and oxygen atoms in total. The van der Waals surface area contributed by atoms with E-state index in [0.717, 1.165) is 12.8 Å². The Hall–Kier alpha value is -1.60. The second-order valence-corrected chi connectivity index (χ2v) is 8.29. The van der Waals surface area contributed by atoms with Gasteiger partial charge in [0, 0.05) is 25.0 Å². The molecule has 2 aliphatic rings. The van der Waals surface area contributed by atoms with Crippen LogP contribution in [0.1, 0.15) is 42.5 Å². The molecule has 0 spiro atoms. The number of rotatable bonds is 6. The van der Waals surface area contributed by atoms with Crippen LogP contribution in [0.5, 0.6) is 0 Å². The van der Waals surface area contributed by atoms with Crippen LogP contribution in [0, 0.1) is 11.7 Å². The number of nitrogens with one attached hydrogen (secondary N) is 1. The number of carbonyl (C=O) groups is 2. The van der Waals surface area contributed by atoms with Crippen LogP contribution < -0.4 is 5.32 Å². The lowest BCUT2D eigenvalue weighted by molar-refractivity contribution is -0.125. The minimum absolute atomic E-state index is 0.000952.